The molecule has 0 heterocycles. The van der Waals surface area contributed by atoms with Gasteiger partial charge in [-0.25, -0.2) is 0 Å². The SMILES string of the molecule is CCCOCC1CCC1C(=O)O. The zero-order valence-electron chi connectivity index (χ0n) is 7.45. The van der Waals surface area contributed by atoms with Crippen molar-refractivity contribution >= 4 is 5.97 Å². The molecule has 1 saturated carbocycles. The van der Waals surface area contributed by atoms with Gasteiger partial charge in [-0.2, -0.15) is 0 Å². The third-order valence-corrected chi connectivity index (χ3v) is 2.42. The average molecular weight is 172 g/mol. The molecule has 70 valence electrons. The number of carbonyl (C=O) groups is 1. The maximum absolute atomic E-state index is 10.6. The van der Waals surface area contributed by atoms with E-state index in [4.69, 9.17) is 9.84 Å². The summed E-state index contributed by atoms with van der Waals surface area (Å²) in [6, 6.07) is 0. The van der Waals surface area contributed by atoms with Gasteiger partial charge in [0.25, 0.3) is 0 Å². The fourth-order valence-electron chi connectivity index (χ4n) is 1.47. The highest BCUT2D eigenvalue weighted by Gasteiger charge is 2.36. The van der Waals surface area contributed by atoms with Crippen LogP contribution in [0.1, 0.15) is 26.2 Å². The Morgan fingerprint density at radius 2 is 2.33 bits per heavy atom. The lowest BCUT2D eigenvalue weighted by molar-refractivity contribution is -0.149. The van der Waals surface area contributed by atoms with Gasteiger partial charge in [-0.3, -0.25) is 4.79 Å². The van der Waals surface area contributed by atoms with Crippen molar-refractivity contribution in [1.82, 2.24) is 0 Å². The van der Waals surface area contributed by atoms with Crippen LogP contribution in [0.5, 0.6) is 0 Å². The summed E-state index contributed by atoms with van der Waals surface area (Å²) >= 11 is 0. The molecule has 1 fully saturated rings. The van der Waals surface area contributed by atoms with Crippen LogP contribution in [0.2, 0.25) is 0 Å². The number of rotatable bonds is 5. The van der Waals surface area contributed by atoms with E-state index in [1.54, 1.807) is 0 Å². The van der Waals surface area contributed by atoms with Crippen LogP contribution in [0, 0.1) is 11.8 Å². The highest BCUT2D eigenvalue weighted by atomic mass is 16.5. The van der Waals surface area contributed by atoms with Crippen LogP contribution in [0.4, 0.5) is 0 Å². The van der Waals surface area contributed by atoms with Gasteiger partial charge in [0.05, 0.1) is 12.5 Å². The van der Waals surface area contributed by atoms with Crippen LogP contribution in [0.15, 0.2) is 0 Å². The topological polar surface area (TPSA) is 46.5 Å². The molecule has 0 aromatic carbocycles. The number of carboxylic acids is 1. The molecule has 12 heavy (non-hydrogen) atoms. The first kappa shape index (κ1) is 9.52. The Morgan fingerprint density at radius 1 is 1.58 bits per heavy atom. The zero-order chi connectivity index (χ0) is 8.97. The first-order valence-electron chi connectivity index (χ1n) is 4.56. The molecule has 0 spiro atoms. The van der Waals surface area contributed by atoms with Crippen LogP contribution in [0.3, 0.4) is 0 Å². The van der Waals surface area contributed by atoms with E-state index in [2.05, 4.69) is 6.92 Å². The normalized spacial score (nSPS) is 28.1. The molecule has 1 aliphatic carbocycles. The minimum atomic E-state index is -0.661. The Balaban J connectivity index is 2.12. The molecule has 2 atom stereocenters. The van der Waals surface area contributed by atoms with Gasteiger partial charge in [0, 0.05) is 6.61 Å². The van der Waals surface area contributed by atoms with E-state index in [-0.39, 0.29) is 11.8 Å². The molecule has 1 aliphatic rings. The lowest BCUT2D eigenvalue weighted by Gasteiger charge is -2.32. The van der Waals surface area contributed by atoms with Crippen molar-refractivity contribution in [2.45, 2.75) is 26.2 Å². The second-order valence-electron chi connectivity index (χ2n) is 3.36. The molecule has 0 bridgehead atoms. The highest BCUT2D eigenvalue weighted by Crippen LogP contribution is 2.34. The molecular formula is C9H16O3. The van der Waals surface area contributed by atoms with E-state index in [1.807, 2.05) is 0 Å². The van der Waals surface area contributed by atoms with Crippen molar-refractivity contribution in [2.24, 2.45) is 11.8 Å². The van der Waals surface area contributed by atoms with E-state index in [1.165, 1.54) is 0 Å². The summed E-state index contributed by atoms with van der Waals surface area (Å²) in [5.74, 6) is -0.526. The van der Waals surface area contributed by atoms with E-state index < -0.39 is 5.97 Å². The van der Waals surface area contributed by atoms with Gasteiger partial charge in [-0.15, -0.1) is 0 Å². The molecule has 3 nitrogen and oxygen atoms in total. The Morgan fingerprint density at radius 3 is 2.75 bits per heavy atom. The van der Waals surface area contributed by atoms with Crippen LogP contribution in [-0.2, 0) is 9.53 Å². The monoisotopic (exact) mass is 172 g/mol. The molecule has 0 aromatic rings. The highest BCUT2D eigenvalue weighted by molar-refractivity contribution is 5.71. The Hall–Kier alpha value is -0.570. The zero-order valence-corrected chi connectivity index (χ0v) is 7.45. The first-order valence-corrected chi connectivity index (χ1v) is 4.56. The summed E-state index contributed by atoms with van der Waals surface area (Å²) in [6.07, 6.45) is 2.85. The van der Waals surface area contributed by atoms with Crippen LogP contribution < -0.4 is 0 Å². The van der Waals surface area contributed by atoms with Gasteiger partial charge in [-0.1, -0.05) is 6.92 Å². The quantitative estimate of drug-likeness (QED) is 0.639. The Bertz CT molecular complexity index is 156. The average Bonchev–Trinajstić information content (AvgIpc) is 1.94. The van der Waals surface area contributed by atoms with E-state index in [0.717, 1.165) is 25.9 Å². The molecule has 0 amide bonds. The molecule has 1 rings (SSSR count). The minimum Gasteiger partial charge on any atom is -0.481 e. The first-order chi connectivity index (χ1) is 5.75. The predicted molar refractivity (Wildman–Crippen MR) is 45.0 cm³/mol. The van der Waals surface area contributed by atoms with Gasteiger partial charge >= 0.3 is 5.97 Å². The fraction of sp³-hybridized carbons (Fsp3) is 0.889. The summed E-state index contributed by atoms with van der Waals surface area (Å²) in [5, 5.41) is 8.70. The molecule has 1 N–H and O–H groups in total. The van der Waals surface area contributed by atoms with Crippen LogP contribution >= 0.6 is 0 Å². The molecular weight excluding hydrogens is 156 g/mol. The molecule has 0 saturated heterocycles. The third-order valence-electron chi connectivity index (χ3n) is 2.42. The van der Waals surface area contributed by atoms with Gasteiger partial charge in [0.1, 0.15) is 0 Å². The van der Waals surface area contributed by atoms with E-state index >= 15 is 0 Å². The van der Waals surface area contributed by atoms with Crippen molar-refractivity contribution in [1.29, 1.82) is 0 Å². The Labute approximate surface area is 72.7 Å². The number of aliphatic carboxylic acids is 1. The maximum Gasteiger partial charge on any atom is 0.306 e. The summed E-state index contributed by atoms with van der Waals surface area (Å²) in [7, 11) is 0. The van der Waals surface area contributed by atoms with Crippen molar-refractivity contribution in [3.63, 3.8) is 0 Å². The van der Waals surface area contributed by atoms with Gasteiger partial charge in [-0.05, 0) is 25.2 Å². The number of hydrogen-bond acceptors (Lipinski definition) is 2. The fourth-order valence-corrected chi connectivity index (χ4v) is 1.47. The predicted octanol–water partition coefficient (Wildman–Crippen LogP) is 1.52. The van der Waals surface area contributed by atoms with Gasteiger partial charge in [0.15, 0.2) is 0 Å². The molecule has 3 heteroatoms. The van der Waals surface area contributed by atoms with Crippen molar-refractivity contribution < 1.29 is 14.6 Å². The largest absolute Gasteiger partial charge is 0.481 e. The molecule has 0 aliphatic heterocycles. The molecule has 0 aromatic heterocycles. The number of hydrogen-bond donors (Lipinski definition) is 1. The number of ether oxygens (including phenoxy) is 1. The summed E-state index contributed by atoms with van der Waals surface area (Å²) in [4.78, 5) is 10.6. The Kier molecular flexibility index (Phi) is 3.53. The third kappa shape index (κ3) is 2.21. The molecule has 0 radical (unpaired) electrons. The van der Waals surface area contributed by atoms with Crippen LogP contribution in [0.25, 0.3) is 0 Å². The minimum absolute atomic E-state index is 0.137. The van der Waals surface area contributed by atoms with Crippen molar-refractivity contribution in [2.75, 3.05) is 13.2 Å². The molecule has 2 unspecified atom stereocenters. The van der Waals surface area contributed by atoms with Gasteiger partial charge < -0.3 is 9.84 Å². The smallest absolute Gasteiger partial charge is 0.306 e. The standard InChI is InChI=1S/C9H16O3/c1-2-5-12-6-7-3-4-8(7)9(10)11/h7-8H,2-6H2,1H3,(H,10,11). The second kappa shape index (κ2) is 4.45. The van der Waals surface area contributed by atoms with Gasteiger partial charge in [0.2, 0.25) is 0 Å². The maximum atomic E-state index is 10.6. The van der Waals surface area contributed by atoms with E-state index in [9.17, 15) is 4.79 Å². The number of carboxylic acid groups (broad SMARTS) is 1. The van der Waals surface area contributed by atoms with E-state index in [0.29, 0.717) is 6.61 Å². The van der Waals surface area contributed by atoms with Crippen LogP contribution in [-0.4, -0.2) is 24.3 Å². The lowest BCUT2D eigenvalue weighted by atomic mass is 9.74. The second-order valence-corrected chi connectivity index (χ2v) is 3.36. The van der Waals surface area contributed by atoms with Crippen molar-refractivity contribution in [3.05, 3.63) is 0 Å². The summed E-state index contributed by atoms with van der Waals surface area (Å²) in [6.45, 7) is 3.43. The summed E-state index contributed by atoms with van der Waals surface area (Å²) in [5.41, 5.74) is 0. The van der Waals surface area contributed by atoms with Crippen molar-refractivity contribution in [3.8, 4) is 0 Å². The summed E-state index contributed by atoms with van der Waals surface area (Å²) < 4.78 is 5.30. The lowest BCUT2D eigenvalue weighted by Crippen LogP contribution is -2.35.